The Hall–Kier alpha value is -1.39. The van der Waals surface area contributed by atoms with Crippen LogP contribution in [0.25, 0.3) is 0 Å². The zero-order valence-electron chi connectivity index (χ0n) is 10.6. The van der Waals surface area contributed by atoms with Crippen LogP contribution in [0.5, 0.6) is 0 Å². The van der Waals surface area contributed by atoms with E-state index in [2.05, 4.69) is 0 Å². The molecule has 0 fully saturated rings. The Morgan fingerprint density at radius 3 is 2.45 bits per heavy atom. The van der Waals surface area contributed by atoms with E-state index >= 15 is 0 Å². The average molecular weight is 327 g/mol. The molecule has 0 bridgehead atoms. The Labute approximate surface area is 126 Å². The number of rotatable bonds is 4. The number of sulfonamides is 1. The van der Waals surface area contributed by atoms with E-state index in [9.17, 15) is 8.42 Å². The van der Waals surface area contributed by atoms with Crippen molar-refractivity contribution in [1.29, 1.82) is 5.26 Å². The Morgan fingerprint density at radius 2 is 1.90 bits per heavy atom. The Balaban J connectivity index is 2.21. The van der Waals surface area contributed by atoms with Gasteiger partial charge in [-0.1, -0.05) is 23.7 Å². The van der Waals surface area contributed by atoms with E-state index in [-0.39, 0.29) is 10.8 Å². The number of hydrogen-bond acceptors (Lipinski definition) is 4. The molecule has 2 aromatic rings. The second-order valence-corrected chi connectivity index (χ2v) is 7.91. The highest BCUT2D eigenvalue weighted by Crippen LogP contribution is 2.24. The molecule has 0 saturated heterocycles. The lowest BCUT2D eigenvalue weighted by atomic mass is 10.2. The van der Waals surface area contributed by atoms with Crippen molar-refractivity contribution in [3.05, 3.63) is 51.9 Å². The minimum atomic E-state index is -3.57. The molecule has 0 N–H and O–H groups in total. The van der Waals surface area contributed by atoms with Crippen LogP contribution in [0, 0.1) is 11.3 Å². The molecule has 20 heavy (non-hydrogen) atoms. The molecule has 1 aromatic heterocycles. The Bertz CT molecular complexity index is 745. The average Bonchev–Trinajstić information content (AvgIpc) is 2.90. The summed E-state index contributed by atoms with van der Waals surface area (Å²) in [6.45, 7) is 0.249. The summed E-state index contributed by atoms with van der Waals surface area (Å²) in [5, 5.41) is 9.36. The van der Waals surface area contributed by atoms with E-state index in [0.29, 0.717) is 9.90 Å². The first kappa shape index (κ1) is 15.0. The van der Waals surface area contributed by atoms with Gasteiger partial charge in [0.2, 0.25) is 0 Å². The molecule has 1 heterocycles. The highest BCUT2D eigenvalue weighted by molar-refractivity contribution is 7.91. The lowest BCUT2D eigenvalue weighted by molar-refractivity contribution is 0.468. The Morgan fingerprint density at radius 1 is 1.25 bits per heavy atom. The highest BCUT2D eigenvalue weighted by Gasteiger charge is 2.22. The van der Waals surface area contributed by atoms with Crippen molar-refractivity contribution in [3.63, 3.8) is 0 Å². The molecule has 104 valence electrons. The quantitative estimate of drug-likeness (QED) is 0.867. The van der Waals surface area contributed by atoms with E-state index in [1.165, 1.54) is 23.5 Å². The van der Waals surface area contributed by atoms with Gasteiger partial charge in [-0.25, -0.2) is 8.42 Å². The minimum Gasteiger partial charge on any atom is -0.206 e. The lowest BCUT2D eigenvalue weighted by Crippen LogP contribution is -2.25. The first-order chi connectivity index (χ1) is 9.43. The number of benzene rings is 1. The van der Waals surface area contributed by atoms with Crippen molar-refractivity contribution < 1.29 is 8.42 Å². The molecule has 7 heteroatoms. The summed E-state index contributed by atoms with van der Waals surface area (Å²) in [6, 6.07) is 11.9. The van der Waals surface area contributed by atoms with Crippen LogP contribution in [0.4, 0.5) is 0 Å². The van der Waals surface area contributed by atoms with Gasteiger partial charge in [-0.05, 0) is 29.8 Å². The fraction of sp³-hybridized carbons (Fsp3) is 0.154. The largest absolute Gasteiger partial charge is 0.252 e. The van der Waals surface area contributed by atoms with Gasteiger partial charge in [0.25, 0.3) is 10.0 Å². The molecule has 0 radical (unpaired) electrons. The van der Waals surface area contributed by atoms with Crippen LogP contribution in [0.1, 0.15) is 10.4 Å². The number of nitriles is 1. The van der Waals surface area contributed by atoms with Crippen molar-refractivity contribution in [2.75, 3.05) is 7.05 Å². The summed E-state index contributed by atoms with van der Waals surface area (Å²) >= 11 is 6.76. The standard InChI is InChI=1S/C13H11ClN2O2S2/c1-16(9-10-2-4-11(14)5-3-10)20(17,18)13-7-6-12(8-15)19-13/h2-7H,9H2,1H3. The van der Waals surface area contributed by atoms with Gasteiger partial charge < -0.3 is 0 Å². The maximum absolute atomic E-state index is 12.3. The summed E-state index contributed by atoms with van der Waals surface area (Å²) in [5.74, 6) is 0. The van der Waals surface area contributed by atoms with Gasteiger partial charge in [0.05, 0.1) is 0 Å². The number of halogens is 1. The van der Waals surface area contributed by atoms with Gasteiger partial charge in [0, 0.05) is 18.6 Å². The van der Waals surface area contributed by atoms with Gasteiger partial charge in [-0.15, -0.1) is 11.3 Å². The van der Waals surface area contributed by atoms with Gasteiger partial charge in [-0.3, -0.25) is 0 Å². The van der Waals surface area contributed by atoms with Crippen LogP contribution in [-0.2, 0) is 16.6 Å². The normalized spacial score (nSPS) is 11.5. The first-order valence-electron chi connectivity index (χ1n) is 5.64. The van der Waals surface area contributed by atoms with Gasteiger partial charge in [0.15, 0.2) is 0 Å². The smallest absolute Gasteiger partial charge is 0.206 e. The number of hydrogen-bond donors (Lipinski definition) is 0. The topological polar surface area (TPSA) is 61.2 Å². The van der Waals surface area contributed by atoms with Crippen LogP contribution in [0.15, 0.2) is 40.6 Å². The lowest BCUT2D eigenvalue weighted by Gasteiger charge is -2.16. The van der Waals surface area contributed by atoms with Gasteiger partial charge in [0.1, 0.15) is 15.2 Å². The zero-order valence-corrected chi connectivity index (χ0v) is 13.0. The molecule has 0 atom stereocenters. The van der Waals surface area contributed by atoms with Crippen LogP contribution in [-0.4, -0.2) is 19.8 Å². The first-order valence-corrected chi connectivity index (χ1v) is 8.27. The summed E-state index contributed by atoms with van der Waals surface area (Å²) in [5.41, 5.74) is 0.845. The summed E-state index contributed by atoms with van der Waals surface area (Å²) in [6.07, 6.45) is 0. The van der Waals surface area contributed by atoms with Crippen molar-refractivity contribution in [2.45, 2.75) is 10.8 Å². The Kier molecular flexibility index (Phi) is 4.45. The molecule has 0 spiro atoms. The molecule has 0 unspecified atom stereocenters. The van der Waals surface area contributed by atoms with Crippen LogP contribution >= 0.6 is 22.9 Å². The monoisotopic (exact) mass is 326 g/mol. The van der Waals surface area contributed by atoms with Gasteiger partial charge >= 0.3 is 0 Å². The van der Waals surface area contributed by atoms with Crippen LogP contribution < -0.4 is 0 Å². The maximum atomic E-state index is 12.3. The van der Waals surface area contributed by atoms with Gasteiger partial charge in [-0.2, -0.15) is 9.57 Å². The second kappa shape index (κ2) is 5.94. The fourth-order valence-electron chi connectivity index (χ4n) is 1.60. The molecule has 0 amide bonds. The van der Waals surface area contributed by atoms with Crippen LogP contribution in [0.3, 0.4) is 0 Å². The summed E-state index contributed by atoms with van der Waals surface area (Å²) in [4.78, 5) is 0.378. The maximum Gasteiger partial charge on any atom is 0.252 e. The SMILES string of the molecule is CN(Cc1ccc(Cl)cc1)S(=O)(=O)c1ccc(C#N)s1. The fourth-order valence-corrected chi connectivity index (χ4v) is 4.20. The molecule has 0 saturated carbocycles. The predicted octanol–water partition coefficient (Wildman–Crippen LogP) is 3.09. The number of nitrogens with zero attached hydrogens (tertiary/aromatic N) is 2. The van der Waals surface area contributed by atoms with Crippen molar-refractivity contribution in [3.8, 4) is 6.07 Å². The van der Waals surface area contributed by atoms with Crippen molar-refractivity contribution in [1.82, 2.24) is 4.31 Å². The molecule has 1 aromatic carbocycles. The summed E-state index contributed by atoms with van der Waals surface area (Å²) in [7, 11) is -2.06. The molecule has 0 aliphatic heterocycles. The molecule has 0 aliphatic rings. The highest BCUT2D eigenvalue weighted by atomic mass is 35.5. The summed E-state index contributed by atoms with van der Waals surface area (Å²) < 4.78 is 26.1. The van der Waals surface area contributed by atoms with E-state index < -0.39 is 10.0 Å². The third kappa shape index (κ3) is 3.19. The molecular weight excluding hydrogens is 316 g/mol. The third-order valence-electron chi connectivity index (χ3n) is 2.67. The molecule has 2 rings (SSSR count). The second-order valence-electron chi connectivity index (χ2n) is 4.12. The molecule has 0 aliphatic carbocycles. The third-order valence-corrected chi connectivity index (χ3v) is 6.19. The number of thiophene rings is 1. The van der Waals surface area contributed by atoms with Crippen molar-refractivity contribution >= 4 is 33.0 Å². The van der Waals surface area contributed by atoms with E-state index in [4.69, 9.17) is 16.9 Å². The van der Waals surface area contributed by atoms with Crippen molar-refractivity contribution in [2.24, 2.45) is 0 Å². The van der Waals surface area contributed by atoms with E-state index in [0.717, 1.165) is 16.9 Å². The zero-order chi connectivity index (χ0) is 14.8. The predicted molar refractivity (Wildman–Crippen MR) is 79.1 cm³/mol. The van der Waals surface area contributed by atoms with Crippen LogP contribution in [0.2, 0.25) is 5.02 Å². The minimum absolute atomic E-state index is 0.172. The van der Waals surface area contributed by atoms with E-state index in [1.807, 2.05) is 6.07 Å². The molecule has 4 nitrogen and oxygen atoms in total. The molecular formula is C13H11ClN2O2S2. The van der Waals surface area contributed by atoms with E-state index in [1.54, 1.807) is 24.3 Å².